The van der Waals surface area contributed by atoms with Crippen molar-refractivity contribution < 1.29 is 201 Å². The first-order valence-corrected chi connectivity index (χ1v) is 37.7. The number of benzene rings is 4. The van der Waals surface area contributed by atoms with Crippen molar-refractivity contribution in [2.75, 3.05) is 26.4 Å². The average molecular weight is 2010 g/mol. The number of aromatic amines is 3. The van der Waals surface area contributed by atoms with E-state index < -0.39 is 132 Å². The Balaban J connectivity index is 0. The molecule has 43 heteroatoms. The molecule has 0 bridgehead atoms. The standard InChI is InChI=1S/C26H31FN2O10.C14H19BrO9.C14H17FO3.C12H13FN2O.C8H7FO.C6H10O3.CHO3.2Ag.H4N2/c1-12-7-8-18(10-20(12)27)9-19-13(2)28-29-25(19)39-26-24(37-17(6)33)23(36-16(5)32)22(35-15(4)31)21(38-26)11-34-14(3)30;1-6(16)20-5-10-11(21-7(2)17)12(22-8(3)18)13(14(15)24-10)23-9(4)19;1-4-18-14(17)12(10(3)16)7-11-6-5-9(2)13(15)8-11;1-7-3-4-9(6-11(7)13)5-10-8(2)14-15-12(10)16;1-6-2-3-7(5-10)4-8(6)9;1-3-9-6(8)4-5(2)7;2-1-4-3;;;1-2/h7-8,10,21-24,26H,9,11H2,1-6H3,(H,28,29);10-14H,5H2,1-4H3;5-6,8,12H,4,7H2,1-3H3;3-4,6H,5H2,1-2H3,(H2,14,15,16);2-5H,1H3;3-4H2,1-2H3;3H;;;1-2H2/q;;;;;;-1;;+1;/t21-,22-,23+,24-,26+;10-,11-,12+,13-,14+;;;;;;;;/m11......../s1. The molecule has 0 amide bonds. The van der Waals surface area contributed by atoms with Crippen molar-refractivity contribution in [3.63, 3.8) is 0 Å². The van der Waals surface area contributed by atoms with Gasteiger partial charge in [0.2, 0.25) is 18.3 Å². The van der Waals surface area contributed by atoms with Gasteiger partial charge in [0.1, 0.15) is 78.9 Å². The van der Waals surface area contributed by atoms with Crippen molar-refractivity contribution in [2.45, 2.75) is 210 Å². The number of rotatable bonds is 26. The smallest absolute Gasteiger partial charge is 0.509 e. The summed E-state index contributed by atoms with van der Waals surface area (Å²) in [5.41, 5.74) is 7.15. The molecule has 8 N–H and O–H groups in total. The minimum Gasteiger partial charge on any atom is -0.509 e. The second kappa shape index (κ2) is 60.2. The number of aryl methyl sites for hydroxylation is 6. The zero-order valence-electron chi connectivity index (χ0n) is 70.9. The van der Waals surface area contributed by atoms with Crippen molar-refractivity contribution >= 4 is 99.9 Å². The number of H-pyrrole nitrogens is 3. The zero-order valence-corrected chi connectivity index (χ0v) is 75.4. The van der Waals surface area contributed by atoms with Gasteiger partial charge in [-0.25, -0.2) is 22.8 Å². The van der Waals surface area contributed by atoms with Gasteiger partial charge in [0.15, 0.2) is 35.5 Å². The number of esters is 10. The summed E-state index contributed by atoms with van der Waals surface area (Å²) in [7, 11) is 0. The van der Waals surface area contributed by atoms with Gasteiger partial charge in [0.05, 0.1) is 13.2 Å². The van der Waals surface area contributed by atoms with Crippen LogP contribution in [0.25, 0.3) is 0 Å². The van der Waals surface area contributed by atoms with Crippen LogP contribution in [0.3, 0.4) is 0 Å². The molecule has 0 spiro atoms. The summed E-state index contributed by atoms with van der Waals surface area (Å²) in [6, 6.07) is 19.0. The maximum atomic E-state index is 14.2. The molecule has 2 fully saturated rings. The Hall–Kier alpha value is -10.4. The molecule has 4 heterocycles. The van der Waals surface area contributed by atoms with Crippen LogP contribution in [0.5, 0.6) is 5.88 Å². The van der Waals surface area contributed by atoms with Gasteiger partial charge in [-0.05, 0) is 145 Å². The molecule has 2 saturated heterocycles. The Bertz CT molecular complexity index is 4570. The molecule has 6 aromatic rings. The van der Waals surface area contributed by atoms with Gasteiger partial charge >= 0.3 is 82.1 Å². The fraction of sp³-hybridized carbons (Fsp3) is 0.457. The van der Waals surface area contributed by atoms with Gasteiger partial charge in [-0.3, -0.25) is 89.0 Å². The molecule has 4 aromatic carbocycles. The van der Waals surface area contributed by atoms with Crippen LogP contribution < -0.4 is 22.0 Å². The number of aldehydes is 1. The molecule has 693 valence electrons. The summed E-state index contributed by atoms with van der Waals surface area (Å²) in [6.45, 7) is 26.3. The van der Waals surface area contributed by atoms with Crippen LogP contribution in [-0.2, 0) is 188 Å². The molecule has 2 aliphatic rings. The zero-order chi connectivity index (χ0) is 93.0. The largest absolute Gasteiger partial charge is 1.00 e. The minimum absolute atomic E-state index is 0. The quantitative estimate of drug-likeness (QED) is 0.00256. The third kappa shape index (κ3) is 42.8. The van der Waals surface area contributed by atoms with Gasteiger partial charge in [-0.2, -0.15) is 0 Å². The van der Waals surface area contributed by atoms with Crippen LogP contribution in [0.15, 0.2) is 77.6 Å². The molecule has 8 rings (SSSR count). The summed E-state index contributed by atoms with van der Waals surface area (Å²) in [5.74, 6) is -0.916. The maximum absolute atomic E-state index is 14.2. The molecular formula is C81H102Ag2BrF4N6O30. The molecule has 0 saturated carbocycles. The normalized spacial score (nSPS) is 17.5. The number of ether oxygens (including phenoxy) is 13. The number of aromatic nitrogens is 4. The summed E-state index contributed by atoms with van der Waals surface area (Å²) < 4.78 is 122. The number of hydrogen-bond donors (Lipinski definition) is 6. The van der Waals surface area contributed by atoms with E-state index in [-0.39, 0.29) is 124 Å². The van der Waals surface area contributed by atoms with Crippen molar-refractivity contribution in [1.82, 2.24) is 20.4 Å². The van der Waals surface area contributed by atoms with Crippen LogP contribution in [0.1, 0.15) is 161 Å². The number of alkyl halides is 1. The molecular weight excluding hydrogens is 1910 g/mol. The van der Waals surface area contributed by atoms with Crippen LogP contribution in [0, 0.1) is 70.7 Å². The third-order valence-corrected chi connectivity index (χ3v) is 17.0. The first kappa shape index (κ1) is 116. The SMILES string of the molecule is CC(=O)OC[C@H]1O[C@@H](Oc2n[nH]c(C)c2Cc2ccc(C)c(F)c2)[C@H](OC(C)=O)[C@@H](OC(C)=O)[C@@H]1OC(C)=O.CC(=O)OC[C@H]1O[C@H](Br)[C@H](OC(C)=O)[C@@H](OC(C)=O)[C@@H]1OC(C)=O.CCOC(=O)C(Cc1ccc(C)c(F)c1)C(C)=O.CCOC(=O)CC(C)=O.Cc1ccc(C=O)cc1F.Cc1ccc(Cc2c(C)[nH][nH]c2=O)cc1F.NN.O=[C-]OO.[Ag+].[Ag]. The Morgan fingerprint density at radius 3 is 1.30 bits per heavy atom. The maximum Gasteiger partial charge on any atom is 1.00 e. The van der Waals surface area contributed by atoms with Gasteiger partial charge < -0.3 is 76.4 Å². The van der Waals surface area contributed by atoms with Crippen LogP contribution in [0.2, 0.25) is 0 Å². The Labute approximate surface area is 750 Å². The molecule has 1 unspecified atom stereocenters. The average Bonchev–Trinajstić information content (AvgIpc) is 1.01. The van der Waals surface area contributed by atoms with Gasteiger partial charge in [-0.1, -0.05) is 64.5 Å². The number of ketones is 2. The first-order valence-electron chi connectivity index (χ1n) is 36.8. The molecule has 0 aliphatic carbocycles. The molecule has 36 nitrogen and oxygen atoms in total. The number of nitrogens with zero attached hydrogens (tertiary/aromatic N) is 1. The first-order chi connectivity index (χ1) is 57.3. The van der Waals surface area contributed by atoms with E-state index in [1.807, 2.05) is 13.0 Å². The fourth-order valence-corrected chi connectivity index (χ4v) is 11.3. The summed E-state index contributed by atoms with van der Waals surface area (Å²) in [4.78, 5) is 169. The number of halogens is 5. The molecule has 11 atom stereocenters. The predicted molar refractivity (Wildman–Crippen MR) is 423 cm³/mol. The number of nitrogens with two attached hydrogens (primary N) is 2. The third-order valence-electron chi connectivity index (χ3n) is 16.3. The van der Waals surface area contributed by atoms with Crippen molar-refractivity contribution in [3.05, 3.63) is 173 Å². The van der Waals surface area contributed by atoms with E-state index in [4.69, 9.17) is 66.9 Å². The van der Waals surface area contributed by atoms with Crippen LogP contribution >= 0.6 is 15.9 Å². The predicted octanol–water partition coefficient (Wildman–Crippen LogP) is 8.01. The summed E-state index contributed by atoms with van der Waals surface area (Å²) >= 11 is 3.18. The van der Waals surface area contributed by atoms with E-state index in [0.717, 1.165) is 52.3 Å². The van der Waals surface area contributed by atoms with E-state index >= 15 is 0 Å². The van der Waals surface area contributed by atoms with Gasteiger partial charge in [-0.15, -0.1) is 5.10 Å². The summed E-state index contributed by atoms with van der Waals surface area (Å²) in [6.07, 6.45) is -9.57. The number of hydrogen-bond acceptors (Lipinski definition) is 33. The van der Waals surface area contributed by atoms with Crippen LogP contribution in [0.4, 0.5) is 17.6 Å². The fourth-order valence-electron chi connectivity index (χ4n) is 10.6. The summed E-state index contributed by atoms with van der Waals surface area (Å²) in [5, 5.41) is 18.3. The second-order valence-electron chi connectivity index (χ2n) is 26.3. The molecule has 2 aromatic heterocycles. The topological polar surface area (TPSA) is 518 Å². The van der Waals surface area contributed by atoms with Gasteiger partial charge in [0.25, 0.3) is 5.56 Å². The van der Waals surface area contributed by atoms with E-state index in [9.17, 15) is 84.7 Å². The molecule has 1 radical (unpaired) electrons. The Morgan fingerprint density at radius 1 is 0.532 bits per heavy atom. The Kier molecular flexibility index (Phi) is 56.1. The number of hydrazine groups is 1. The van der Waals surface area contributed by atoms with Crippen molar-refractivity contribution in [2.24, 2.45) is 17.6 Å². The van der Waals surface area contributed by atoms with Gasteiger partial charge in [0, 0.05) is 119 Å². The number of carbonyl (C=O) groups excluding carboxylic acids is 14. The van der Waals surface area contributed by atoms with Crippen molar-refractivity contribution in [3.8, 4) is 5.88 Å². The molecule has 2 aliphatic heterocycles. The van der Waals surface area contributed by atoms with E-state index in [2.05, 4.69) is 57.6 Å². The van der Waals surface area contributed by atoms with E-state index in [1.54, 1.807) is 90.9 Å². The second-order valence-corrected chi connectivity index (χ2v) is 27.2. The monoisotopic (exact) mass is 2010 g/mol. The number of carbonyl (C=O) groups is 13. The van der Waals surface area contributed by atoms with E-state index in [1.165, 1.54) is 58.9 Å². The van der Waals surface area contributed by atoms with E-state index in [0.29, 0.717) is 75.1 Å². The Morgan fingerprint density at radius 2 is 0.919 bits per heavy atom. The van der Waals surface area contributed by atoms with Crippen LogP contribution in [-0.4, -0.2) is 196 Å². The van der Waals surface area contributed by atoms with Crippen molar-refractivity contribution in [1.29, 1.82) is 0 Å². The number of Topliss-reactive ketones (excluding diaryl/α,β-unsaturated/α-hetero) is 2. The molecule has 124 heavy (non-hydrogen) atoms. The minimum atomic E-state index is -1.44. The number of nitrogens with one attached hydrogen (secondary N) is 3.